The van der Waals surface area contributed by atoms with Gasteiger partial charge >= 0.3 is 0 Å². The molecule has 2 fully saturated rings. The van der Waals surface area contributed by atoms with Gasteiger partial charge in [0.2, 0.25) is 0 Å². The van der Waals surface area contributed by atoms with E-state index in [-0.39, 0.29) is 4.32 Å². The molecule has 0 aromatic heterocycles. The number of hydrogen-bond acceptors (Lipinski definition) is 1. The van der Waals surface area contributed by atoms with Crippen molar-refractivity contribution in [3.63, 3.8) is 0 Å². The third-order valence-corrected chi connectivity index (χ3v) is 4.42. The summed E-state index contributed by atoms with van der Waals surface area (Å²) in [6.45, 7) is 0. The largest absolute Gasteiger partial charge is 0.302 e. The lowest BCUT2D eigenvalue weighted by Crippen LogP contribution is -2.26. The van der Waals surface area contributed by atoms with E-state index in [4.69, 9.17) is 0 Å². The maximum absolute atomic E-state index is 10.8. The van der Waals surface area contributed by atoms with Crippen LogP contribution >= 0.6 is 15.9 Å². The Bertz CT molecular complexity index is 180. The fourth-order valence-corrected chi connectivity index (χ4v) is 3.54. The molecule has 2 heteroatoms. The van der Waals surface area contributed by atoms with E-state index >= 15 is 0 Å². The van der Waals surface area contributed by atoms with Crippen molar-refractivity contribution in [3.8, 4) is 0 Å². The van der Waals surface area contributed by atoms with Gasteiger partial charge in [-0.15, -0.1) is 0 Å². The molecule has 3 atom stereocenters. The Morgan fingerprint density at radius 3 is 2.91 bits per heavy atom. The molecule has 2 aliphatic carbocycles. The summed E-state index contributed by atoms with van der Waals surface area (Å²) in [6.07, 6.45) is 7.42. The lowest BCUT2D eigenvalue weighted by molar-refractivity contribution is -0.110. The molecule has 0 N–H and O–H groups in total. The number of fused-ring (bicyclic) bond motifs is 2. The number of carbonyl (C=O) groups excluding carboxylic acids is 1. The van der Waals surface area contributed by atoms with Crippen LogP contribution in [0.2, 0.25) is 0 Å². The molecule has 2 saturated carbocycles. The van der Waals surface area contributed by atoms with Crippen molar-refractivity contribution in [2.75, 3.05) is 0 Å². The Morgan fingerprint density at radius 2 is 2.27 bits per heavy atom. The molecule has 0 spiro atoms. The second-order valence-corrected chi connectivity index (χ2v) is 5.45. The molecule has 62 valence electrons. The first-order valence-corrected chi connectivity index (χ1v) is 5.19. The van der Waals surface area contributed by atoms with E-state index in [1.54, 1.807) is 0 Å². The smallest absolute Gasteiger partial charge is 0.136 e. The summed E-state index contributed by atoms with van der Waals surface area (Å²) in [5.74, 6) is 1.47. The fourth-order valence-electron chi connectivity index (χ4n) is 2.67. The van der Waals surface area contributed by atoms with Crippen LogP contribution in [0.15, 0.2) is 0 Å². The molecule has 0 aromatic rings. The van der Waals surface area contributed by atoms with Crippen molar-refractivity contribution >= 4 is 22.2 Å². The van der Waals surface area contributed by atoms with E-state index in [2.05, 4.69) is 15.9 Å². The minimum Gasteiger partial charge on any atom is -0.302 e. The maximum Gasteiger partial charge on any atom is 0.136 e. The van der Waals surface area contributed by atoms with Gasteiger partial charge in [-0.25, -0.2) is 0 Å². The van der Waals surface area contributed by atoms with Crippen LogP contribution in [0, 0.1) is 11.8 Å². The molecule has 2 bridgehead atoms. The van der Waals surface area contributed by atoms with E-state index in [9.17, 15) is 4.79 Å². The Labute approximate surface area is 75.7 Å². The topological polar surface area (TPSA) is 17.1 Å². The minimum atomic E-state index is -0.131. The maximum atomic E-state index is 10.8. The van der Waals surface area contributed by atoms with Crippen LogP contribution in [0.4, 0.5) is 0 Å². The summed E-state index contributed by atoms with van der Waals surface area (Å²) in [5.41, 5.74) is 0. The highest BCUT2D eigenvalue weighted by Crippen LogP contribution is 2.51. The normalized spacial score (nSPS) is 49.2. The molecule has 2 aliphatic rings. The highest BCUT2D eigenvalue weighted by atomic mass is 79.9. The van der Waals surface area contributed by atoms with Gasteiger partial charge in [0.1, 0.15) is 6.29 Å². The zero-order valence-electron chi connectivity index (χ0n) is 6.55. The lowest BCUT2D eigenvalue weighted by atomic mass is 9.87. The van der Waals surface area contributed by atoms with E-state index in [1.807, 2.05) is 0 Å². The van der Waals surface area contributed by atoms with Crippen molar-refractivity contribution in [2.24, 2.45) is 11.8 Å². The predicted octanol–water partition coefficient (Wildman–Crippen LogP) is 2.53. The summed E-state index contributed by atoms with van der Waals surface area (Å²) in [6, 6.07) is 0. The van der Waals surface area contributed by atoms with E-state index < -0.39 is 0 Å². The Balaban J connectivity index is 2.20. The van der Waals surface area contributed by atoms with Gasteiger partial charge in [0.05, 0.1) is 4.32 Å². The third kappa shape index (κ3) is 1.16. The zero-order valence-corrected chi connectivity index (χ0v) is 8.14. The first-order valence-electron chi connectivity index (χ1n) is 4.40. The Kier molecular flexibility index (Phi) is 1.82. The first kappa shape index (κ1) is 7.78. The summed E-state index contributed by atoms with van der Waals surface area (Å²) in [4.78, 5) is 10.8. The molecule has 11 heavy (non-hydrogen) atoms. The summed E-state index contributed by atoms with van der Waals surface area (Å²) in [5, 5.41) is 0. The van der Waals surface area contributed by atoms with Crippen LogP contribution in [-0.2, 0) is 4.79 Å². The Morgan fingerprint density at radius 1 is 1.45 bits per heavy atom. The van der Waals surface area contributed by atoms with Crippen molar-refractivity contribution < 1.29 is 4.79 Å². The minimum absolute atomic E-state index is 0.131. The van der Waals surface area contributed by atoms with Crippen molar-refractivity contribution in [1.82, 2.24) is 0 Å². The van der Waals surface area contributed by atoms with Gasteiger partial charge in [-0.3, -0.25) is 0 Å². The number of alkyl halides is 1. The predicted molar refractivity (Wildman–Crippen MR) is 47.8 cm³/mol. The van der Waals surface area contributed by atoms with Gasteiger partial charge in [-0.2, -0.15) is 0 Å². The molecule has 0 aromatic carbocycles. The average Bonchev–Trinajstić information content (AvgIpc) is 2.25. The van der Waals surface area contributed by atoms with Gasteiger partial charge in [0.15, 0.2) is 0 Å². The number of hydrogen-bond donors (Lipinski definition) is 0. The lowest BCUT2D eigenvalue weighted by Gasteiger charge is -2.23. The molecular weight excluding hydrogens is 204 g/mol. The third-order valence-electron chi connectivity index (χ3n) is 3.26. The standard InChI is InChI=1S/C9H13BrO/c10-9(6-11)5-7-2-1-3-8(9)4-7/h6-8H,1-5H2/t7-,8+,9-/m0/s1. The highest BCUT2D eigenvalue weighted by Gasteiger charge is 2.46. The van der Waals surface area contributed by atoms with Gasteiger partial charge in [0.25, 0.3) is 0 Å². The molecule has 0 amide bonds. The summed E-state index contributed by atoms with van der Waals surface area (Å²) >= 11 is 3.58. The van der Waals surface area contributed by atoms with Crippen LogP contribution < -0.4 is 0 Å². The molecule has 0 unspecified atom stereocenters. The number of carbonyl (C=O) groups is 1. The monoisotopic (exact) mass is 216 g/mol. The van der Waals surface area contributed by atoms with E-state index in [0.717, 1.165) is 18.6 Å². The molecule has 1 nitrogen and oxygen atoms in total. The van der Waals surface area contributed by atoms with Crippen LogP contribution in [-0.4, -0.2) is 10.6 Å². The fraction of sp³-hybridized carbons (Fsp3) is 0.889. The van der Waals surface area contributed by atoms with Crippen molar-refractivity contribution in [3.05, 3.63) is 0 Å². The SMILES string of the molecule is O=C[C@@]1(Br)C[C@H]2CCC[C@@H]1C2. The molecule has 0 heterocycles. The molecule has 2 rings (SSSR count). The van der Waals surface area contributed by atoms with Gasteiger partial charge < -0.3 is 4.79 Å². The summed E-state index contributed by atoms with van der Waals surface area (Å²) < 4.78 is -0.131. The van der Waals surface area contributed by atoms with E-state index in [1.165, 1.54) is 25.7 Å². The van der Waals surface area contributed by atoms with Crippen LogP contribution in [0.3, 0.4) is 0 Å². The van der Waals surface area contributed by atoms with Gasteiger partial charge in [-0.1, -0.05) is 28.8 Å². The van der Waals surface area contributed by atoms with Gasteiger partial charge in [-0.05, 0) is 31.1 Å². The average molecular weight is 217 g/mol. The van der Waals surface area contributed by atoms with Crippen LogP contribution in [0.1, 0.15) is 32.1 Å². The second-order valence-electron chi connectivity index (χ2n) is 3.98. The first-order chi connectivity index (χ1) is 5.24. The number of rotatable bonds is 1. The second kappa shape index (κ2) is 2.58. The zero-order chi connectivity index (χ0) is 7.90. The number of aldehydes is 1. The molecule has 0 radical (unpaired) electrons. The van der Waals surface area contributed by atoms with E-state index in [0.29, 0.717) is 5.92 Å². The van der Waals surface area contributed by atoms with Gasteiger partial charge in [0, 0.05) is 0 Å². The molecular formula is C9H13BrO. The summed E-state index contributed by atoms with van der Waals surface area (Å²) in [7, 11) is 0. The molecule has 0 saturated heterocycles. The number of halogens is 1. The quantitative estimate of drug-likeness (QED) is 0.487. The van der Waals surface area contributed by atoms with Crippen molar-refractivity contribution in [2.45, 2.75) is 36.4 Å². The Hall–Kier alpha value is 0.150. The van der Waals surface area contributed by atoms with Crippen molar-refractivity contribution in [1.29, 1.82) is 0 Å². The van der Waals surface area contributed by atoms with Crippen LogP contribution in [0.25, 0.3) is 0 Å². The molecule has 0 aliphatic heterocycles. The van der Waals surface area contributed by atoms with Crippen LogP contribution in [0.5, 0.6) is 0 Å². The highest BCUT2D eigenvalue weighted by molar-refractivity contribution is 9.10.